The van der Waals surface area contributed by atoms with Gasteiger partial charge in [-0.2, -0.15) is 0 Å². The normalized spacial score (nSPS) is 19.2. The van der Waals surface area contributed by atoms with E-state index in [-0.39, 0.29) is 6.61 Å². The molecule has 4 heteroatoms. The van der Waals surface area contributed by atoms with Gasteiger partial charge < -0.3 is 5.11 Å². The SMILES string of the molecule is Cc1nc(CN2CCC(C)CC2)sc1CO. The van der Waals surface area contributed by atoms with Crippen LogP contribution >= 0.6 is 11.3 Å². The van der Waals surface area contributed by atoms with Crippen LogP contribution in [0.1, 0.15) is 35.3 Å². The first-order valence-corrected chi connectivity index (χ1v) is 6.79. The summed E-state index contributed by atoms with van der Waals surface area (Å²) in [5, 5.41) is 10.3. The lowest BCUT2D eigenvalue weighted by Crippen LogP contribution is -2.32. The van der Waals surface area contributed by atoms with Crippen molar-refractivity contribution in [1.82, 2.24) is 9.88 Å². The molecule has 0 aliphatic carbocycles. The number of aliphatic hydroxyl groups is 1. The molecule has 1 saturated heterocycles. The fourth-order valence-electron chi connectivity index (χ4n) is 2.11. The molecule has 2 rings (SSSR count). The van der Waals surface area contributed by atoms with Crippen LogP contribution in [-0.2, 0) is 13.2 Å². The fourth-order valence-corrected chi connectivity index (χ4v) is 3.09. The molecule has 0 radical (unpaired) electrons. The molecule has 90 valence electrons. The van der Waals surface area contributed by atoms with Crippen LogP contribution in [-0.4, -0.2) is 28.1 Å². The Balaban J connectivity index is 1.93. The van der Waals surface area contributed by atoms with Crippen LogP contribution in [0.3, 0.4) is 0 Å². The molecule has 1 fully saturated rings. The van der Waals surface area contributed by atoms with Gasteiger partial charge in [-0.3, -0.25) is 4.90 Å². The van der Waals surface area contributed by atoms with E-state index in [1.807, 2.05) is 6.92 Å². The molecule has 16 heavy (non-hydrogen) atoms. The van der Waals surface area contributed by atoms with Crippen LogP contribution in [0.25, 0.3) is 0 Å². The molecule has 3 nitrogen and oxygen atoms in total. The first kappa shape index (κ1) is 12.0. The average molecular weight is 240 g/mol. The van der Waals surface area contributed by atoms with E-state index in [2.05, 4.69) is 16.8 Å². The highest BCUT2D eigenvalue weighted by Gasteiger charge is 2.17. The monoisotopic (exact) mass is 240 g/mol. The molecule has 0 saturated carbocycles. The maximum Gasteiger partial charge on any atom is 0.107 e. The molecular weight excluding hydrogens is 220 g/mol. The van der Waals surface area contributed by atoms with Gasteiger partial charge >= 0.3 is 0 Å². The zero-order chi connectivity index (χ0) is 11.5. The molecule has 0 spiro atoms. The maximum absolute atomic E-state index is 9.13. The van der Waals surface area contributed by atoms with Crippen molar-refractivity contribution in [3.05, 3.63) is 15.6 Å². The Morgan fingerprint density at radius 1 is 1.44 bits per heavy atom. The lowest BCUT2D eigenvalue weighted by Gasteiger charge is -2.29. The minimum Gasteiger partial charge on any atom is -0.391 e. The molecule has 0 aromatic carbocycles. The van der Waals surface area contributed by atoms with Gasteiger partial charge in [0.1, 0.15) is 5.01 Å². The molecule has 1 aliphatic rings. The third-order valence-corrected chi connectivity index (χ3v) is 4.44. The molecule has 1 aromatic heterocycles. The van der Waals surface area contributed by atoms with Crippen molar-refractivity contribution < 1.29 is 5.11 Å². The van der Waals surface area contributed by atoms with Crippen molar-refractivity contribution in [1.29, 1.82) is 0 Å². The number of aryl methyl sites for hydroxylation is 1. The van der Waals surface area contributed by atoms with Crippen molar-refractivity contribution in [3.8, 4) is 0 Å². The summed E-state index contributed by atoms with van der Waals surface area (Å²) in [7, 11) is 0. The lowest BCUT2D eigenvalue weighted by atomic mass is 9.99. The van der Waals surface area contributed by atoms with Gasteiger partial charge in [-0.25, -0.2) is 4.98 Å². The van der Waals surface area contributed by atoms with Gasteiger partial charge in [0.2, 0.25) is 0 Å². The number of hydrogen-bond donors (Lipinski definition) is 1. The third-order valence-electron chi connectivity index (χ3n) is 3.32. The summed E-state index contributed by atoms with van der Waals surface area (Å²) < 4.78 is 0. The van der Waals surface area contributed by atoms with E-state index >= 15 is 0 Å². The smallest absolute Gasteiger partial charge is 0.107 e. The predicted molar refractivity (Wildman–Crippen MR) is 66.4 cm³/mol. The first-order valence-electron chi connectivity index (χ1n) is 5.97. The zero-order valence-electron chi connectivity index (χ0n) is 10.1. The van der Waals surface area contributed by atoms with Gasteiger partial charge in [-0.05, 0) is 38.8 Å². The summed E-state index contributed by atoms with van der Waals surface area (Å²) in [4.78, 5) is 8.00. The highest BCUT2D eigenvalue weighted by molar-refractivity contribution is 7.11. The molecule has 0 bridgehead atoms. The Morgan fingerprint density at radius 3 is 2.69 bits per heavy atom. The summed E-state index contributed by atoms with van der Waals surface area (Å²) >= 11 is 1.65. The van der Waals surface area contributed by atoms with Crippen molar-refractivity contribution in [2.24, 2.45) is 5.92 Å². The topological polar surface area (TPSA) is 36.4 Å². The van der Waals surface area contributed by atoms with Crippen molar-refractivity contribution in [2.75, 3.05) is 13.1 Å². The number of piperidine rings is 1. The largest absolute Gasteiger partial charge is 0.391 e. The van der Waals surface area contributed by atoms with Crippen LogP contribution in [0.2, 0.25) is 0 Å². The molecule has 2 heterocycles. The zero-order valence-corrected chi connectivity index (χ0v) is 10.9. The number of rotatable bonds is 3. The van der Waals surface area contributed by atoms with Crippen LogP contribution in [0.15, 0.2) is 0 Å². The molecule has 0 unspecified atom stereocenters. The number of aromatic nitrogens is 1. The molecular formula is C12H20N2OS. The second-order valence-corrected chi connectivity index (χ2v) is 5.90. The Morgan fingerprint density at radius 2 is 2.12 bits per heavy atom. The molecule has 0 atom stereocenters. The van der Waals surface area contributed by atoms with Crippen molar-refractivity contribution >= 4 is 11.3 Å². The van der Waals surface area contributed by atoms with Gasteiger partial charge in [0.05, 0.1) is 23.7 Å². The highest BCUT2D eigenvalue weighted by atomic mass is 32.1. The van der Waals surface area contributed by atoms with Crippen LogP contribution in [0.5, 0.6) is 0 Å². The summed E-state index contributed by atoms with van der Waals surface area (Å²) in [5.74, 6) is 0.877. The Hall–Kier alpha value is -0.450. The number of nitrogens with zero attached hydrogens (tertiary/aromatic N) is 2. The molecule has 0 amide bonds. The Labute approximate surface area is 101 Å². The van der Waals surface area contributed by atoms with E-state index < -0.39 is 0 Å². The van der Waals surface area contributed by atoms with Gasteiger partial charge in [-0.15, -0.1) is 11.3 Å². The Bertz CT molecular complexity index is 343. The predicted octanol–water partition coefficient (Wildman–Crippen LogP) is 2.18. The van der Waals surface area contributed by atoms with E-state index in [4.69, 9.17) is 5.11 Å². The lowest BCUT2D eigenvalue weighted by molar-refractivity contribution is 0.185. The standard InChI is InChI=1S/C12H20N2OS/c1-9-3-5-14(6-4-9)7-12-13-10(2)11(8-15)16-12/h9,15H,3-8H2,1-2H3. The summed E-state index contributed by atoms with van der Waals surface area (Å²) in [6.45, 7) is 7.76. The molecule has 1 aromatic rings. The van der Waals surface area contributed by atoms with Gasteiger partial charge in [-0.1, -0.05) is 6.92 Å². The van der Waals surface area contributed by atoms with Crippen LogP contribution < -0.4 is 0 Å². The second-order valence-electron chi connectivity index (χ2n) is 4.73. The number of likely N-dealkylation sites (tertiary alicyclic amines) is 1. The van der Waals surface area contributed by atoms with Crippen molar-refractivity contribution in [3.63, 3.8) is 0 Å². The first-order chi connectivity index (χ1) is 7.69. The third kappa shape index (κ3) is 2.81. The highest BCUT2D eigenvalue weighted by Crippen LogP contribution is 2.22. The van der Waals surface area contributed by atoms with Gasteiger partial charge in [0.15, 0.2) is 0 Å². The van der Waals surface area contributed by atoms with Gasteiger partial charge in [0.25, 0.3) is 0 Å². The van der Waals surface area contributed by atoms with E-state index in [9.17, 15) is 0 Å². The summed E-state index contributed by atoms with van der Waals surface area (Å²) in [6, 6.07) is 0. The van der Waals surface area contributed by atoms with E-state index in [1.54, 1.807) is 11.3 Å². The van der Waals surface area contributed by atoms with E-state index in [1.165, 1.54) is 25.9 Å². The van der Waals surface area contributed by atoms with E-state index in [0.29, 0.717) is 0 Å². The van der Waals surface area contributed by atoms with Crippen LogP contribution in [0, 0.1) is 12.8 Å². The summed E-state index contributed by atoms with van der Waals surface area (Å²) in [6.07, 6.45) is 2.61. The minimum atomic E-state index is 0.126. The molecule has 1 N–H and O–H groups in total. The Kier molecular flexibility index (Phi) is 3.95. The number of aliphatic hydroxyl groups excluding tert-OH is 1. The minimum absolute atomic E-state index is 0.126. The average Bonchev–Trinajstić information content (AvgIpc) is 2.62. The number of hydrogen-bond acceptors (Lipinski definition) is 4. The quantitative estimate of drug-likeness (QED) is 0.879. The van der Waals surface area contributed by atoms with Crippen molar-refractivity contribution in [2.45, 2.75) is 39.8 Å². The van der Waals surface area contributed by atoms with Crippen LogP contribution in [0.4, 0.5) is 0 Å². The number of thiazole rings is 1. The maximum atomic E-state index is 9.13. The molecule has 1 aliphatic heterocycles. The van der Waals surface area contributed by atoms with E-state index in [0.717, 1.165) is 28.0 Å². The second kappa shape index (κ2) is 5.25. The fraction of sp³-hybridized carbons (Fsp3) is 0.750. The van der Waals surface area contributed by atoms with Gasteiger partial charge in [0, 0.05) is 0 Å². The summed E-state index contributed by atoms with van der Waals surface area (Å²) in [5.41, 5.74) is 0.993.